The van der Waals surface area contributed by atoms with Crippen molar-refractivity contribution in [2.75, 3.05) is 0 Å². The molecule has 250 valence electrons. The summed E-state index contributed by atoms with van der Waals surface area (Å²) < 4.78 is 0.893. The number of thiophene rings is 1. The van der Waals surface area contributed by atoms with Crippen LogP contribution in [0.4, 0.5) is 0 Å². The monoisotopic (exact) mass is 812 g/mol. The SMILES string of the molecule is [B]c1cc2c(-c3c([B])c([B])c(-c4c([B])c([B])c5sc6c([B])c([B])c([B])c([B])c6c5c4[B])c([B])c3[B])c3c([B])c([B])c([B])c([B])c3c(-c3c([B])c([B])c([B])c4c([B])c([B])c([B])c([B])c34)c2c([B])c1[B]. The van der Waals surface area contributed by atoms with Gasteiger partial charge in [0.15, 0.2) is 0 Å². The Morgan fingerprint density at radius 3 is 0.941 bits per heavy atom. The number of benzene rings is 8. The first kappa shape index (κ1) is 49.4. The highest BCUT2D eigenvalue weighted by Gasteiger charge is 2.30. The van der Waals surface area contributed by atoms with E-state index in [0.29, 0.717) is 20.2 Å². The van der Waals surface area contributed by atoms with E-state index in [0.717, 1.165) is 11.3 Å². The molecule has 0 unspecified atom stereocenters. The summed E-state index contributed by atoms with van der Waals surface area (Å²) in [5.41, 5.74) is -1.24. The van der Waals surface area contributed by atoms with Crippen LogP contribution in [0, 0.1) is 0 Å². The van der Waals surface area contributed by atoms with Gasteiger partial charge in [0.25, 0.3) is 0 Å². The minimum atomic E-state index is -0.181. The maximum atomic E-state index is 7.16. The van der Waals surface area contributed by atoms with Crippen LogP contribution in [0.15, 0.2) is 6.07 Å². The van der Waals surface area contributed by atoms with Crippen molar-refractivity contribution in [1.82, 2.24) is 0 Å². The number of hydrogen-bond donors (Lipinski definition) is 0. The smallest absolute Gasteiger partial charge is 0.115 e. The summed E-state index contributed by atoms with van der Waals surface area (Å²) in [6.07, 6.45) is 0. The Balaban J connectivity index is 1.52. The second-order valence-corrected chi connectivity index (χ2v) is 17.6. The molecule has 1 aromatic heterocycles. The van der Waals surface area contributed by atoms with Crippen molar-refractivity contribution in [1.29, 1.82) is 0 Å². The van der Waals surface area contributed by atoms with Gasteiger partial charge < -0.3 is 0 Å². The van der Waals surface area contributed by atoms with Crippen LogP contribution >= 0.6 is 11.3 Å². The van der Waals surface area contributed by atoms with Gasteiger partial charge in [-0.15, -0.1) is 60.5 Å². The third kappa shape index (κ3) is 6.35. The van der Waals surface area contributed by atoms with Crippen LogP contribution in [-0.2, 0) is 0 Å². The summed E-state index contributed by atoms with van der Waals surface area (Å²) in [5.74, 6) is 0. The van der Waals surface area contributed by atoms with Crippen molar-refractivity contribution in [2.45, 2.75) is 0 Å². The first-order valence-electron chi connectivity index (χ1n) is 20.0. The molecule has 0 atom stereocenters. The minimum absolute atomic E-state index is 0.00346. The normalized spacial score (nSPS) is 11.8. The summed E-state index contributed by atoms with van der Waals surface area (Å²) in [6, 6.07) is 1.49. The number of rotatable bonds is 3. The van der Waals surface area contributed by atoms with Gasteiger partial charge in [-0.1, -0.05) is 93.5 Å². The molecule has 1 heterocycles. The van der Waals surface area contributed by atoms with Crippen molar-refractivity contribution >= 4 is 397 Å². The van der Waals surface area contributed by atoms with E-state index in [4.69, 9.17) is 196 Å². The molecule has 0 saturated carbocycles. The van der Waals surface area contributed by atoms with E-state index < -0.39 is 0 Å². The molecule has 0 saturated heterocycles. The van der Waals surface area contributed by atoms with Gasteiger partial charge in [-0.25, -0.2) is 0 Å². The highest BCUT2D eigenvalue weighted by molar-refractivity contribution is 7.28. The molecule has 0 aliphatic heterocycles. The Morgan fingerprint density at radius 1 is 0.191 bits per heavy atom. The minimum Gasteiger partial charge on any atom is -0.137 e. The van der Waals surface area contributed by atoms with E-state index >= 15 is 0 Å². The predicted molar refractivity (Wildman–Crippen MR) is 323 cm³/mol. The molecule has 50 radical (unpaired) electrons. The van der Waals surface area contributed by atoms with Crippen LogP contribution in [-0.4, -0.2) is 196 Å². The standard InChI is InChI=1S/C42HB25S/c43-3-1-2-4(11-24(51)26(53)14(27(54)25(11)52)13-18(45)15-16-31(58)37(64)38(65)40(67)42(16)68-41(15)39(66)30(13)57)7-8(22(49)34(61)33(60)20(7)47)6(5(2)19(46)17(3)44)9-10-12(28(55)32(59)21(9)48)29(56)36(63)35(62)23(10)50/h1H. The van der Waals surface area contributed by atoms with E-state index in [2.05, 4.69) is 0 Å². The Morgan fingerprint density at radius 2 is 0.471 bits per heavy atom. The molecule has 26 heteroatoms. The third-order valence-corrected chi connectivity index (χ3v) is 14.4. The molecule has 68 heavy (non-hydrogen) atoms. The lowest BCUT2D eigenvalue weighted by Gasteiger charge is -2.32. The zero-order valence-electron chi connectivity index (χ0n) is 35.9. The zero-order chi connectivity index (χ0) is 50.1. The highest BCUT2D eigenvalue weighted by Crippen LogP contribution is 2.41. The molecule has 0 nitrogen and oxygen atoms in total. The predicted octanol–water partition coefficient (Wildman–Crippen LogP) is -17.6. The second-order valence-electron chi connectivity index (χ2n) is 16.6. The van der Waals surface area contributed by atoms with Crippen LogP contribution in [0.2, 0.25) is 0 Å². The summed E-state index contributed by atoms with van der Waals surface area (Å²) in [6.45, 7) is 0. The fourth-order valence-corrected chi connectivity index (χ4v) is 10.8. The Labute approximate surface area is 432 Å². The van der Waals surface area contributed by atoms with Gasteiger partial charge in [0.05, 0.1) is 0 Å². The Kier molecular flexibility index (Phi) is 12.2. The van der Waals surface area contributed by atoms with E-state index in [9.17, 15) is 0 Å². The van der Waals surface area contributed by atoms with Gasteiger partial charge in [-0.3, -0.25) is 0 Å². The third-order valence-electron chi connectivity index (χ3n) is 13.2. The van der Waals surface area contributed by atoms with Crippen LogP contribution in [0.5, 0.6) is 0 Å². The Bertz CT molecular complexity index is 3870. The molecular formula is C42HB25S. The molecule has 0 fully saturated rings. The molecule has 0 amide bonds. The fourth-order valence-electron chi connectivity index (χ4n) is 9.54. The lowest BCUT2D eigenvalue weighted by atomic mass is 9.56. The number of fused-ring (bicyclic) bond motifs is 6. The van der Waals surface area contributed by atoms with Crippen LogP contribution in [0.25, 0.3) is 85.9 Å². The molecule has 0 aliphatic carbocycles. The summed E-state index contributed by atoms with van der Waals surface area (Å²) in [4.78, 5) is 0. The van der Waals surface area contributed by atoms with E-state index in [-0.39, 0.29) is 202 Å². The average molecular weight is 808 g/mol. The summed E-state index contributed by atoms with van der Waals surface area (Å²) in [7, 11) is 169. The zero-order valence-corrected chi connectivity index (χ0v) is 36.7. The first-order valence-corrected chi connectivity index (χ1v) is 20.8. The van der Waals surface area contributed by atoms with Gasteiger partial charge in [0.1, 0.15) is 196 Å². The van der Waals surface area contributed by atoms with Gasteiger partial charge in [0.2, 0.25) is 0 Å². The molecule has 8 aromatic carbocycles. The summed E-state index contributed by atoms with van der Waals surface area (Å²) >= 11 is 1.16. The molecule has 0 bridgehead atoms. The van der Waals surface area contributed by atoms with E-state index in [1.165, 1.54) is 6.07 Å². The maximum Gasteiger partial charge on any atom is 0.115 e. The van der Waals surface area contributed by atoms with Gasteiger partial charge in [-0.2, -0.15) is 0 Å². The fraction of sp³-hybridized carbons (Fsp3) is 0. The largest absolute Gasteiger partial charge is 0.137 e. The van der Waals surface area contributed by atoms with Crippen molar-refractivity contribution in [3.63, 3.8) is 0 Å². The lowest BCUT2D eigenvalue weighted by molar-refractivity contribution is 1.82. The van der Waals surface area contributed by atoms with Crippen LogP contribution < -0.4 is 137 Å². The van der Waals surface area contributed by atoms with Crippen molar-refractivity contribution in [2.24, 2.45) is 0 Å². The highest BCUT2D eigenvalue weighted by atomic mass is 32.1. The molecule has 9 rings (SSSR count). The molecule has 0 spiro atoms. The van der Waals surface area contributed by atoms with E-state index in [1.54, 1.807) is 0 Å². The van der Waals surface area contributed by atoms with Crippen LogP contribution in [0.3, 0.4) is 0 Å². The topological polar surface area (TPSA) is 0 Å². The van der Waals surface area contributed by atoms with Crippen LogP contribution in [0.1, 0.15) is 0 Å². The quantitative estimate of drug-likeness (QED) is 0.123. The molecular weight excluding hydrogens is 807 g/mol. The molecule has 0 N–H and O–H groups in total. The first-order chi connectivity index (χ1) is 31.7. The molecule has 9 aromatic rings. The van der Waals surface area contributed by atoms with Gasteiger partial charge in [-0.05, 0) is 76.5 Å². The van der Waals surface area contributed by atoms with Crippen molar-refractivity contribution in [3.05, 3.63) is 6.07 Å². The van der Waals surface area contributed by atoms with Gasteiger partial charge >= 0.3 is 0 Å². The maximum absolute atomic E-state index is 7.16. The van der Waals surface area contributed by atoms with Crippen molar-refractivity contribution in [3.8, 4) is 33.4 Å². The van der Waals surface area contributed by atoms with Crippen molar-refractivity contribution < 1.29 is 0 Å². The Hall–Kier alpha value is -3.62. The number of hydrogen-bond acceptors (Lipinski definition) is 1. The van der Waals surface area contributed by atoms with Gasteiger partial charge in [0, 0.05) is 9.40 Å². The van der Waals surface area contributed by atoms with E-state index in [1.807, 2.05) is 0 Å². The average Bonchev–Trinajstić information content (AvgIpc) is 3.72. The lowest BCUT2D eigenvalue weighted by Crippen LogP contribution is -2.52. The molecule has 0 aliphatic rings. The summed E-state index contributed by atoms with van der Waals surface area (Å²) in [5, 5.41) is 1.36. The second kappa shape index (κ2) is 16.7.